The predicted octanol–water partition coefficient (Wildman–Crippen LogP) is 1.63. The van der Waals surface area contributed by atoms with Crippen molar-refractivity contribution in [2.45, 2.75) is 39.8 Å². The maximum atomic E-state index is 4.24. The van der Waals surface area contributed by atoms with Gasteiger partial charge in [0.1, 0.15) is 5.82 Å². The lowest BCUT2D eigenvalue weighted by atomic mass is 10.0. The standard InChI is InChI=1S/C13H24N4/c1-11-14-9-12(15-11)10-16-5-7-17(8-6-16)13(2,3)4/h9H,5-8,10H2,1-4H3,(H,14,15). The highest BCUT2D eigenvalue weighted by Crippen LogP contribution is 2.16. The second kappa shape index (κ2) is 4.78. The summed E-state index contributed by atoms with van der Waals surface area (Å²) in [7, 11) is 0. The van der Waals surface area contributed by atoms with Crippen LogP contribution in [0.1, 0.15) is 32.3 Å². The summed E-state index contributed by atoms with van der Waals surface area (Å²) in [5.74, 6) is 1.01. The molecule has 1 fully saturated rings. The van der Waals surface area contributed by atoms with E-state index in [1.807, 2.05) is 13.1 Å². The number of piperazine rings is 1. The molecule has 1 aromatic rings. The van der Waals surface area contributed by atoms with Crippen molar-refractivity contribution in [3.05, 3.63) is 17.7 Å². The fraction of sp³-hybridized carbons (Fsp3) is 0.769. The molecule has 2 rings (SSSR count). The Kier molecular flexibility index (Phi) is 3.54. The van der Waals surface area contributed by atoms with Gasteiger partial charge in [-0.05, 0) is 27.7 Å². The van der Waals surface area contributed by atoms with Crippen LogP contribution >= 0.6 is 0 Å². The molecule has 0 saturated carbocycles. The van der Waals surface area contributed by atoms with Crippen molar-refractivity contribution in [2.75, 3.05) is 26.2 Å². The summed E-state index contributed by atoms with van der Waals surface area (Å²) in [6.07, 6.45) is 1.95. The number of nitrogens with zero attached hydrogens (tertiary/aromatic N) is 3. The van der Waals surface area contributed by atoms with Crippen LogP contribution in [0.2, 0.25) is 0 Å². The molecule has 4 nitrogen and oxygen atoms in total. The molecule has 1 aliphatic heterocycles. The van der Waals surface area contributed by atoms with E-state index in [9.17, 15) is 0 Å². The lowest BCUT2D eigenvalue weighted by Crippen LogP contribution is -2.53. The molecule has 0 amide bonds. The van der Waals surface area contributed by atoms with Gasteiger partial charge in [0, 0.05) is 50.2 Å². The Morgan fingerprint density at radius 3 is 2.35 bits per heavy atom. The number of H-pyrrole nitrogens is 1. The molecule has 0 spiro atoms. The molecule has 1 saturated heterocycles. The fourth-order valence-electron chi connectivity index (χ4n) is 2.37. The van der Waals surface area contributed by atoms with Gasteiger partial charge in [-0.1, -0.05) is 0 Å². The largest absolute Gasteiger partial charge is 0.345 e. The molecule has 0 bridgehead atoms. The SMILES string of the molecule is Cc1ncc(CN2CCN(C(C)(C)C)CC2)[nH]1. The zero-order valence-corrected chi connectivity index (χ0v) is 11.5. The quantitative estimate of drug-likeness (QED) is 0.848. The van der Waals surface area contributed by atoms with Crippen LogP contribution in [-0.2, 0) is 6.54 Å². The average molecular weight is 236 g/mol. The van der Waals surface area contributed by atoms with Crippen LogP contribution in [0.25, 0.3) is 0 Å². The molecule has 4 heteroatoms. The summed E-state index contributed by atoms with van der Waals surface area (Å²) in [5, 5.41) is 0. The van der Waals surface area contributed by atoms with E-state index >= 15 is 0 Å². The van der Waals surface area contributed by atoms with Crippen LogP contribution in [0.5, 0.6) is 0 Å². The van der Waals surface area contributed by atoms with Crippen molar-refractivity contribution >= 4 is 0 Å². The van der Waals surface area contributed by atoms with Gasteiger partial charge in [-0.2, -0.15) is 0 Å². The third kappa shape index (κ3) is 3.30. The Labute approximate surface area is 104 Å². The summed E-state index contributed by atoms with van der Waals surface area (Å²) in [5.41, 5.74) is 1.53. The normalized spacial score (nSPS) is 19.8. The first-order chi connectivity index (χ1) is 7.95. The number of aromatic amines is 1. The van der Waals surface area contributed by atoms with E-state index in [2.05, 4.69) is 40.5 Å². The average Bonchev–Trinajstić information content (AvgIpc) is 2.63. The van der Waals surface area contributed by atoms with Crippen molar-refractivity contribution in [1.29, 1.82) is 0 Å². The third-order valence-corrected chi connectivity index (χ3v) is 3.47. The molecule has 0 unspecified atom stereocenters. The Bertz CT molecular complexity index is 356. The van der Waals surface area contributed by atoms with Gasteiger partial charge in [0.15, 0.2) is 0 Å². The Hall–Kier alpha value is -0.870. The first-order valence-electron chi connectivity index (χ1n) is 6.43. The van der Waals surface area contributed by atoms with Crippen LogP contribution in [-0.4, -0.2) is 51.5 Å². The van der Waals surface area contributed by atoms with Gasteiger partial charge in [-0.3, -0.25) is 9.80 Å². The summed E-state index contributed by atoms with van der Waals surface area (Å²) in [4.78, 5) is 12.6. The maximum absolute atomic E-state index is 4.24. The Balaban J connectivity index is 1.83. The zero-order chi connectivity index (χ0) is 12.5. The molecule has 1 aliphatic rings. The monoisotopic (exact) mass is 236 g/mol. The molecule has 1 aromatic heterocycles. The van der Waals surface area contributed by atoms with E-state index < -0.39 is 0 Å². The summed E-state index contributed by atoms with van der Waals surface area (Å²) >= 11 is 0. The van der Waals surface area contributed by atoms with Crippen LogP contribution in [0.4, 0.5) is 0 Å². The van der Waals surface area contributed by atoms with Crippen LogP contribution in [0.15, 0.2) is 6.20 Å². The summed E-state index contributed by atoms with van der Waals surface area (Å²) in [6, 6.07) is 0. The van der Waals surface area contributed by atoms with E-state index in [0.29, 0.717) is 5.54 Å². The van der Waals surface area contributed by atoms with Crippen molar-refractivity contribution in [1.82, 2.24) is 19.8 Å². The molecule has 0 aliphatic carbocycles. The van der Waals surface area contributed by atoms with Gasteiger partial charge in [0.2, 0.25) is 0 Å². The van der Waals surface area contributed by atoms with Crippen molar-refractivity contribution in [3.63, 3.8) is 0 Å². The number of rotatable bonds is 2. The lowest BCUT2D eigenvalue weighted by molar-refractivity contribution is 0.0586. The minimum atomic E-state index is 0.302. The topological polar surface area (TPSA) is 35.2 Å². The van der Waals surface area contributed by atoms with E-state index in [1.54, 1.807) is 0 Å². The van der Waals surface area contributed by atoms with Gasteiger partial charge in [0.05, 0.1) is 0 Å². The molecular formula is C13H24N4. The third-order valence-electron chi connectivity index (χ3n) is 3.47. The van der Waals surface area contributed by atoms with Crippen molar-refractivity contribution in [3.8, 4) is 0 Å². The number of aryl methyl sites for hydroxylation is 1. The zero-order valence-electron chi connectivity index (χ0n) is 11.5. The number of nitrogens with one attached hydrogen (secondary N) is 1. The minimum absolute atomic E-state index is 0.302. The Morgan fingerprint density at radius 2 is 1.88 bits per heavy atom. The molecule has 17 heavy (non-hydrogen) atoms. The number of hydrogen-bond donors (Lipinski definition) is 1. The highest BCUT2D eigenvalue weighted by molar-refractivity contribution is 5.00. The first-order valence-corrected chi connectivity index (χ1v) is 6.43. The molecular weight excluding hydrogens is 212 g/mol. The first kappa shape index (κ1) is 12.6. The van der Waals surface area contributed by atoms with Crippen LogP contribution in [0, 0.1) is 6.92 Å². The molecule has 0 radical (unpaired) electrons. The fourth-order valence-corrected chi connectivity index (χ4v) is 2.37. The minimum Gasteiger partial charge on any atom is -0.345 e. The Morgan fingerprint density at radius 1 is 1.24 bits per heavy atom. The van der Waals surface area contributed by atoms with Crippen LogP contribution < -0.4 is 0 Å². The molecule has 1 N–H and O–H groups in total. The van der Waals surface area contributed by atoms with E-state index in [1.165, 1.54) is 5.69 Å². The van der Waals surface area contributed by atoms with Gasteiger partial charge in [-0.15, -0.1) is 0 Å². The van der Waals surface area contributed by atoms with E-state index in [4.69, 9.17) is 0 Å². The van der Waals surface area contributed by atoms with Crippen molar-refractivity contribution < 1.29 is 0 Å². The highest BCUT2D eigenvalue weighted by atomic mass is 15.3. The second-order valence-electron chi connectivity index (χ2n) is 5.93. The molecule has 0 atom stereocenters. The van der Waals surface area contributed by atoms with Crippen molar-refractivity contribution in [2.24, 2.45) is 0 Å². The van der Waals surface area contributed by atoms with E-state index in [0.717, 1.165) is 38.5 Å². The van der Waals surface area contributed by atoms with Gasteiger partial charge >= 0.3 is 0 Å². The summed E-state index contributed by atoms with van der Waals surface area (Å²) in [6.45, 7) is 14.5. The second-order valence-corrected chi connectivity index (χ2v) is 5.93. The predicted molar refractivity (Wildman–Crippen MR) is 69.9 cm³/mol. The molecule has 0 aromatic carbocycles. The number of imidazole rings is 1. The number of aromatic nitrogens is 2. The summed E-state index contributed by atoms with van der Waals surface area (Å²) < 4.78 is 0. The lowest BCUT2D eigenvalue weighted by Gasteiger charge is -2.42. The van der Waals surface area contributed by atoms with Gasteiger partial charge in [-0.25, -0.2) is 4.98 Å². The van der Waals surface area contributed by atoms with E-state index in [-0.39, 0.29) is 0 Å². The van der Waals surface area contributed by atoms with Gasteiger partial charge in [0.25, 0.3) is 0 Å². The highest BCUT2D eigenvalue weighted by Gasteiger charge is 2.25. The molecule has 96 valence electrons. The number of hydrogen-bond acceptors (Lipinski definition) is 3. The molecule has 2 heterocycles. The smallest absolute Gasteiger partial charge is 0.103 e. The van der Waals surface area contributed by atoms with Gasteiger partial charge < -0.3 is 4.98 Å². The maximum Gasteiger partial charge on any atom is 0.103 e. The van der Waals surface area contributed by atoms with Crippen LogP contribution in [0.3, 0.4) is 0 Å².